The Bertz CT molecular complexity index is 736. The number of carbonyl (C=O) groups is 1. The highest BCUT2D eigenvalue weighted by molar-refractivity contribution is 5.88. The molecule has 5 nitrogen and oxygen atoms in total. The molecule has 1 N–H and O–H groups in total. The van der Waals surface area contributed by atoms with Gasteiger partial charge < -0.3 is 5.11 Å². The zero-order valence-corrected chi connectivity index (χ0v) is 11.2. The molecule has 0 unspecified atom stereocenters. The van der Waals surface area contributed by atoms with Crippen LogP contribution in [0.1, 0.15) is 16.1 Å². The Morgan fingerprint density at radius 2 is 2.10 bits per heavy atom. The number of aromatic carboxylic acids is 1. The molecule has 5 heteroatoms. The Kier molecular flexibility index (Phi) is 4.36. The molecule has 0 spiro atoms. The molecule has 2 rings (SSSR count). The third kappa shape index (κ3) is 3.48. The highest BCUT2D eigenvalue weighted by Gasteiger charge is 2.08. The van der Waals surface area contributed by atoms with Crippen molar-refractivity contribution in [2.45, 2.75) is 0 Å². The number of carboxylic acid groups (broad SMARTS) is 1. The van der Waals surface area contributed by atoms with Crippen molar-refractivity contribution in [1.29, 1.82) is 0 Å². The average molecular weight is 279 g/mol. The number of rotatable bonds is 5. The smallest absolute Gasteiger partial charge is 0.335 e. The van der Waals surface area contributed by atoms with Gasteiger partial charge in [-0.3, -0.25) is 9.98 Å². The largest absolute Gasteiger partial charge is 0.478 e. The highest BCUT2D eigenvalue weighted by atomic mass is 16.4. The fraction of sp³-hybridized carbons (Fsp3) is 0. The average Bonchev–Trinajstić information content (AvgIpc) is 2.52. The molecule has 2 aromatic heterocycles. The number of hydrogen-bond donors (Lipinski definition) is 1. The molecule has 0 amide bonds. The maximum absolute atomic E-state index is 11.0. The van der Waals surface area contributed by atoms with Gasteiger partial charge in [0, 0.05) is 12.4 Å². The van der Waals surface area contributed by atoms with Crippen LogP contribution in [0.4, 0.5) is 0 Å². The van der Waals surface area contributed by atoms with Crippen molar-refractivity contribution in [2.75, 3.05) is 0 Å². The maximum Gasteiger partial charge on any atom is 0.335 e. The molecule has 2 aromatic rings. The zero-order chi connectivity index (χ0) is 15.2. The van der Waals surface area contributed by atoms with Gasteiger partial charge in [-0.1, -0.05) is 25.3 Å². The van der Waals surface area contributed by atoms with E-state index in [2.05, 4.69) is 28.1 Å². The van der Waals surface area contributed by atoms with Crippen LogP contribution in [0.5, 0.6) is 0 Å². The van der Waals surface area contributed by atoms with Crippen molar-refractivity contribution in [2.24, 2.45) is 4.99 Å². The summed E-state index contributed by atoms with van der Waals surface area (Å²) in [6.07, 6.45) is 4.52. The first-order chi connectivity index (χ1) is 10.1. The monoisotopic (exact) mass is 279 g/mol. The zero-order valence-electron chi connectivity index (χ0n) is 11.2. The number of allylic oxidation sites excluding steroid dienone is 1. The van der Waals surface area contributed by atoms with Gasteiger partial charge in [-0.25, -0.2) is 9.78 Å². The number of hydrogen-bond acceptors (Lipinski definition) is 4. The molecule has 0 aliphatic heterocycles. The lowest BCUT2D eigenvalue weighted by molar-refractivity contribution is 0.0697. The normalized spacial score (nSPS) is 10.5. The summed E-state index contributed by atoms with van der Waals surface area (Å²) >= 11 is 0. The van der Waals surface area contributed by atoms with Crippen molar-refractivity contribution >= 4 is 17.9 Å². The number of aliphatic imine (C=N–C) groups is 1. The van der Waals surface area contributed by atoms with E-state index in [0.29, 0.717) is 22.8 Å². The Morgan fingerprint density at radius 3 is 2.81 bits per heavy atom. The Morgan fingerprint density at radius 1 is 1.29 bits per heavy atom. The van der Waals surface area contributed by atoms with Crippen molar-refractivity contribution in [1.82, 2.24) is 9.97 Å². The fourth-order valence-electron chi connectivity index (χ4n) is 1.65. The van der Waals surface area contributed by atoms with E-state index in [1.807, 2.05) is 0 Å². The minimum Gasteiger partial charge on any atom is -0.478 e. The lowest BCUT2D eigenvalue weighted by atomic mass is 10.1. The lowest BCUT2D eigenvalue weighted by Gasteiger charge is -2.04. The lowest BCUT2D eigenvalue weighted by Crippen LogP contribution is -1.98. The summed E-state index contributed by atoms with van der Waals surface area (Å²) in [5.74, 6) is -1.00. The van der Waals surface area contributed by atoms with E-state index in [0.717, 1.165) is 0 Å². The van der Waals surface area contributed by atoms with E-state index in [-0.39, 0.29) is 5.56 Å². The van der Waals surface area contributed by atoms with Crippen molar-refractivity contribution in [3.63, 3.8) is 0 Å². The van der Waals surface area contributed by atoms with Gasteiger partial charge in [0.2, 0.25) is 0 Å². The van der Waals surface area contributed by atoms with Gasteiger partial charge in [0.1, 0.15) is 0 Å². The van der Waals surface area contributed by atoms with Gasteiger partial charge in [-0.2, -0.15) is 0 Å². The summed E-state index contributed by atoms with van der Waals surface area (Å²) in [5.41, 5.74) is 2.29. The Hall–Kier alpha value is -3.08. The van der Waals surface area contributed by atoms with Gasteiger partial charge in [-0.15, -0.1) is 0 Å². The van der Waals surface area contributed by atoms with Crippen LogP contribution >= 0.6 is 0 Å². The summed E-state index contributed by atoms with van der Waals surface area (Å²) in [6, 6.07) is 8.23. The highest BCUT2D eigenvalue weighted by Crippen LogP contribution is 2.19. The third-order valence-corrected chi connectivity index (χ3v) is 2.65. The SMILES string of the molecule is C=CC=NC(=C)c1cccc(-c2cc(C(=O)O)ccn2)n1. The number of aromatic nitrogens is 2. The predicted octanol–water partition coefficient (Wildman–Crippen LogP) is 3.07. The van der Waals surface area contributed by atoms with E-state index in [1.165, 1.54) is 24.5 Å². The second-order valence-electron chi connectivity index (χ2n) is 4.10. The van der Waals surface area contributed by atoms with E-state index in [9.17, 15) is 4.79 Å². The molecule has 21 heavy (non-hydrogen) atoms. The molecule has 0 radical (unpaired) electrons. The molecular weight excluding hydrogens is 266 g/mol. The van der Waals surface area contributed by atoms with Crippen molar-refractivity contribution in [3.8, 4) is 11.4 Å². The summed E-state index contributed by atoms with van der Waals surface area (Å²) in [5, 5.41) is 9.01. The van der Waals surface area contributed by atoms with E-state index in [4.69, 9.17) is 5.11 Å². The Balaban J connectivity index is 2.39. The summed E-state index contributed by atoms with van der Waals surface area (Å²) in [7, 11) is 0. The van der Waals surface area contributed by atoms with Crippen LogP contribution in [-0.4, -0.2) is 27.3 Å². The van der Waals surface area contributed by atoms with Gasteiger partial charge in [0.05, 0.1) is 28.3 Å². The molecule has 0 fully saturated rings. The van der Waals surface area contributed by atoms with Gasteiger partial charge >= 0.3 is 5.97 Å². The predicted molar refractivity (Wildman–Crippen MR) is 82.2 cm³/mol. The van der Waals surface area contributed by atoms with E-state index < -0.39 is 5.97 Å². The molecule has 0 aliphatic carbocycles. The number of pyridine rings is 2. The molecule has 0 saturated heterocycles. The topological polar surface area (TPSA) is 75.4 Å². The minimum atomic E-state index is -1.00. The van der Waals surface area contributed by atoms with Crippen LogP contribution in [0.3, 0.4) is 0 Å². The minimum absolute atomic E-state index is 0.163. The van der Waals surface area contributed by atoms with Gasteiger partial charge in [0.15, 0.2) is 0 Å². The second kappa shape index (κ2) is 6.38. The van der Waals surface area contributed by atoms with Crippen LogP contribution in [0.25, 0.3) is 17.1 Å². The van der Waals surface area contributed by atoms with Crippen LogP contribution in [0.2, 0.25) is 0 Å². The number of nitrogens with zero attached hydrogens (tertiary/aromatic N) is 3. The van der Waals surface area contributed by atoms with E-state index >= 15 is 0 Å². The van der Waals surface area contributed by atoms with Crippen LogP contribution in [-0.2, 0) is 0 Å². The molecule has 2 heterocycles. The number of carboxylic acids is 1. The molecule has 0 saturated carbocycles. The van der Waals surface area contributed by atoms with E-state index in [1.54, 1.807) is 24.3 Å². The molecular formula is C16H13N3O2. The summed E-state index contributed by atoms with van der Waals surface area (Å²) in [6.45, 7) is 7.36. The third-order valence-electron chi connectivity index (χ3n) is 2.65. The molecule has 0 aliphatic rings. The van der Waals surface area contributed by atoms with Gasteiger partial charge in [-0.05, 0) is 24.3 Å². The molecule has 104 valence electrons. The molecule has 0 aromatic carbocycles. The second-order valence-corrected chi connectivity index (χ2v) is 4.10. The standard InChI is InChI=1S/C16H13N3O2/c1-3-8-17-11(2)13-5-4-6-14(19-13)15-10-12(16(20)21)7-9-18-15/h3-10H,1-2H2,(H,20,21). The summed E-state index contributed by atoms with van der Waals surface area (Å²) < 4.78 is 0. The van der Waals surface area contributed by atoms with Crippen LogP contribution in [0, 0.1) is 0 Å². The molecule has 0 bridgehead atoms. The van der Waals surface area contributed by atoms with Crippen LogP contribution < -0.4 is 0 Å². The fourth-order valence-corrected chi connectivity index (χ4v) is 1.65. The summed E-state index contributed by atoms with van der Waals surface area (Å²) in [4.78, 5) is 23.6. The van der Waals surface area contributed by atoms with Crippen molar-refractivity contribution < 1.29 is 9.90 Å². The first-order valence-electron chi connectivity index (χ1n) is 6.13. The first-order valence-corrected chi connectivity index (χ1v) is 6.13. The van der Waals surface area contributed by atoms with Crippen molar-refractivity contribution in [3.05, 3.63) is 67.0 Å². The first kappa shape index (κ1) is 14.3. The van der Waals surface area contributed by atoms with Gasteiger partial charge in [0.25, 0.3) is 0 Å². The molecule has 0 atom stereocenters. The maximum atomic E-state index is 11.0. The quantitative estimate of drug-likeness (QED) is 0.853. The van der Waals surface area contributed by atoms with Crippen LogP contribution in [0.15, 0.2) is 60.8 Å². The Labute approximate surface area is 122 Å².